The van der Waals surface area contributed by atoms with E-state index in [9.17, 15) is 24.0 Å². The average Bonchev–Trinajstić information content (AvgIpc) is 3.42. The van der Waals surface area contributed by atoms with Gasteiger partial charge in [-0.3, -0.25) is 4.79 Å². The standard InChI is InChI=1S/C25H30O6.C19H22O3.C19H18O3/c1-4-5-14-30-25(27)22-8-6-20(7-9-22)21-10-12-23(13-11-21)29-17-15-28-16-18-31-24(26)19(2)3;1-14(2)19(20)22-13-7-6-12-21-18-15(3)10-11-16-8-4-5-9-17(16)18;1-14(2)18(20)12-13-22-19(21)17-10-8-16(9-11-17)15-6-4-3-5-7-15/h6-13H,2,4-5,14-18H2,1,3H3;4-5,8-11H,1,6-7,12-13H2,2-3H3;3-11H,1,12-13H2,2H3. The van der Waals surface area contributed by atoms with Crippen molar-refractivity contribution in [2.75, 3.05) is 52.9 Å². The minimum atomic E-state index is -0.422. The molecular formula is C63H70O12. The first-order valence-electron chi connectivity index (χ1n) is 25.0. The number of aryl methyl sites for hydroxylation is 1. The Labute approximate surface area is 441 Å². The van der Waals surface area contributed by atoms with Gasteiger partial charge in [0.15, 0.2) is 5.78 Å². The number of allylic oxidation sites excluding steroid dienone is 1. The van der Waals surface area contributed by atoms with E-state index in [-0.39, 0.29) is 37.4 Å². The number of benzene rings is 6. The molecule has 0 bridgehead atoms. The van der Waals surface area contributed by atoms with Crippen molar-refractivity contribution in [3.05, 3.63) is 193 Å². The number of carbonyl (C=O) groups excluding carboxylic acids is 5. The van der Waals surface area contributed by atoms with Crippen LogP contribution in [0, 0.1) is 6.92 Å². The van der Waals surface area contributed by atoms with Crippen LogP contribution in [-0.4, -0.2) is 82.5 Å². The van der Waals surface area contributed by atoms with Crippen LogP contribution < -0.4 is 9.47 Å². The predicted octanol–water partition coefficient (Wildman–Crippen LogP) is 13.3. The molecule has 0 amide bonds. The molecule has 0 unspecified atom stereocenters. The maximum absolute atomic E-state index is 12.0. The van der Waals surface area contributed by atoms with E-state index in [1.807, 2.05) is 91.0 Å². The van der Waals surface area contributed by atoms with Gasteiger partial charge in [-0.15, -0.1) is 0 Å². The molecule has 0 aromatic heterocycles. The van der Waals surface area contributed by atoms with E-state index in [4.69, 9.17) is 33.2 Å². The average molecular weight is 1020 g/mol. The molecule has 0 aliphatic heterocycles. The van der Waals surface area contributed by atoms with Crippen LogP contribution in [0.5, 0.6) is 11.5 Å². The molecule has 0 radical (unpaired) electrons. The van der Waals surface area contributed by atoms with Crippen molar-refractivity contribution >= 4 is 40.4 Å². The molecule has 12 heteroatoms. The van der Waals surface area contributed by atoms with Crippen molar-refractivity contribution in [3.63, 3.8) is 0 Å². The number of Topliss-reactive ketones (excluding diaryl/α,β-unsaturated/α-hetero) is 1. The second kappa shape index (κ2) is 32.9. The lowest BCUT2D eigenvalue weighted by Crippen LogP contribution is -2.13. The lowest BCUT2D eigenvalue weighted by molar-refractivity contribution is -0.140. The minimum Gasteiger partial charge on any atom is -0.493 e. The van der Waals surface area contributed by atoms with E-state index >= 15 is 0 Å². The fraction of sp³-hybridized carbons (Fsp3) is 0.286. The molecule has 75 heavy (non-hydrogen) atoms. The Bertz CT molecular complexity index is 2790. The first kappa shape index (κ1) is 59.5. The zero-order valence-corrected chi connectivity index (χ0v) is 44.0. The fourth-order valence-electron chi connectivity index (χ4n) is 6.74. The largest absolute Gasteiger partial charge is 0.493 e. The molecule has 0 fully saturated rings. The van der Waals surface area contributed by atoms with Gasteiger partial charge in [-0.2, -0.15) is 0 Å². The highest BCUT2D eigenvalue weighted by Gasteiger charge is 2.11. The third-order valence-electron chi connectivity index (χ3n) is 11.1. The zero-order chi connectivity index (χ0) is 54.4. The summed E-state index contributed by atoms with van der Waals surface area (Å²) in [6.07, 6.45) is 3.65. The Kier molecular flexibility index (Phi) is 26.1. The van der Waals surface area contributed by atoms with Crippen molar-refractivity contribution < 1.29 is 57.1 Å². The van der Waals surface area contributed by atoms with Crippen LogP contribution in [0.4, 0.5) is 0 Å². The van der Waals surface area contributed by atoms with Crippen LogP contribution in [0.15, 0.2) is 176 Å². The Morgan fingerprint density at radius 3 is 1.51 bits per heavy atom. The van der Waals surface area contributed by atoms with E-state index in [1.54, 1.807) is 45.0 Å². The lowest BCUT2D eigenvalue weighted by Gasteiger charge is -2.12. The van der Waals surface area contributed by atoms with Gasteiger partial charge in [0.1, 0.15) is 24.7 Å². The van der Waals surface area contributed by atoms with Gasteiger partial charge in [0.2, 0.25) is 0 Å². The first-order chi connectivity index (χ1) is 36.2. The van der Waals surface area contributed by atoms with Crippen molar-refractivity contribution in [2.24, 2.45) is 0 Å². The van der Waals surface area contributed by atoms with Gasteiger partial charge in [0.25, 0.3) is 0 Å². The summed E-state index contributed by atoms with van der Waals surface area (Å²) in [6, 6.07) is 44.6. The molecule has 12 nitrogen and oxygen atoms in total. The van der Waals surface area contributed by atoms with E-state index < -0.39 is 11.9 Å². The Balaban J connectivity index is 0.000000249. The molecule has 6 aromatic carbocycles. The van der Waals surface area contributed by atoms with Gasteiger partial charge >= 0.3 is 23.9 Å². The summed E-state index contributed by atoms with van der Waals surface area (Å²) in [5.41, 5.74) is 7.59. The maximum atomic E-state index is 12.0. The summed E-state index contributed by atoms with van der Waals surface area (Å²) in [6.45, 7) is 22.4. The normalized spacial score (nSPS) is 10.3. The highest BCUT2D eigenvalue weighted by molar-refractivity contribution is 5.95. The highest BCUT2D eigenvalue weighted by Crippen LogP contribution is 2.30. The zero-order valence-electron chi connectivity index (χ0n) is 44.0. The summed E-state index contributed by atoms with van der Waals surface area (Å²) in [4.78, 5) is 57.7. The lowest BCUT2D eigenvalue weighted by atomic mass is 10.0. The van der Waals surface area contributed by atoms with Crippen molar-refractivity contribution in [1.82, 2.24) is 0 Å². The van der Waals surface area contributed by atoms with E-state index in [1.165, 1.54) is 5.39 Å². The predicted molar refractivity (Wildman–Crippen MR) is 295 cm³/mol. The number of rotatable bonds is 26. The molecule has 394 valence electrons. The summed E-state index contributed by atoms with van der Waals surface area (Å²) in [5, 5.41) is 2.31. The van der Waals surface area contributed by atoms with Gasteiger partial charge in [0.05, 0.1) is 50.8 Å². The van der Waals surface area contributed by atoms with Crippen LogP contribution in [0.25, 0.3) is 33.0 Å². The number of unbranched alkanes of at least 4 members (excludes halogenated alkanes) is 2. The van der Waals surface area contributed by atoms with E-state index in [2.05, 4.69) is 57.8 Å². The van der Waals surface area contributed by atoms with Crippen LogP contribution in [0.3, 0.4) is 0 Å². The SMILES string of the molecule is C=C(C)C(=O)CCOC(=O)c1ccc(-c2ccccc2)cc1.C=C(C)C(=O)OCCCCOc1c(C)ccc2ccccc12.C=C(C)C(=O)OCCOCCOc1ccc(-c2ccc(C(=O)OCCCC)cc2)cc1. The molecule has 0 aliphatic rings. The first-order valence-corrected chi connectivity index (χ1v) is 25.0. The fourth-order valence-corrected chi connectivity index (χ4v) is 6.74. The topological polar surface area (TPSA) is 150 Å². The second-order valence-electron chi connectivity index (χ2n) is 17.4. The quantitative estimate of drug-likeness (QED) is 0.0220. The number of hydrogen-bond acceptors (Lipinski definition) is 12. The molecular weight excluding hydrogens is 949 g/mol. The van der Waals surface area contributed by atoms with Gasteiger partial charge in [0, 0.05) is 23.0 Å². The number of ketones is 1. The molecule has 0 aliphatic carbocycles. The number of ether oxygens (including phenoxy) is 7. The minimum absolute atomic E-state index is 0.0744. The van der Waals surface area contributed by atoms with Crippen molar-refractivity contribution in [3.8, 4) is 33.8 Å². The van der Waals surface area contributed by atoms with E-state index in [0.717, 1.165) is 70.4 Å². The molecule has 0 atom stereocenters. The molecule has 6 aromatic rings. The molecule has 0 heterocycles. The molecule has 0 saturated heterocycles. The summed E-state index contributed by atoms with van der Waals surface area (Å²) in [5.74, 6) is 0.128. The summed E-state index contributed by atoms with van der Waals surface area (Å²) < 4.78 is 37.3. The van der Waals surface area contributed by atoms with Crippen LogP contribution >= 0.6 is 0 Å². The second-order valence-corrected chi connectivity index (χ2v) is 17.4. The third-order valence-corrected chi connectivity index (χ3v) is 11.1. The van der Waals surface area contributed by atoms with Gasteiger partial charge in [-0.1, -0.05) is 136 Å². The van der Waals surface area contributed by atoms with Gasteiger partial charge in [-0.25, -0.2) is 19.2 Å². The third kappa shape index (κ3) is 21.5. The Hall–Kier alpha value is -8.09. The van der Waals surface area contributed by atoms with Crippen LogP contribution in [0.2, 0.25) is 0 Å². The van der Waals surface area contributed by atoms with Gasteiger partial charge in [-0.05, 0) is 122 Å². The summed E-state index contributed by atoms with van der Waals surface area (Å²) in [7, 11) is 0. The molecule has 6 rings (SSSR count). The van der Waals surface area contributed by atoms with Crippen LogP contribution in [0.1, 0.15) is 86.1 Å². The van der Waals surface area contributed by atoms with Gasteiger partial charge < -0.3 is 33.2 Å². The Morgan fingerprint density at radius 2 is 0.933 bits per heavy atom. The van der Waals surface area contributed by atoms with E-state index in [0.29, 0.717) is 67.5 Å². The smallest absolute Gasteiger partial charge is 0.338 e. The molecule has 0 spiro atoms. The Morgan fingerprint density at radius 1 is 0.440 bits per heavy atom. The molecule has 0 N–H and O–H groups in total. The van der Waals surface area contributed by atoms with Crippen molar-refractivity contribution in [2.45, 2.75) is 66.7 Å². The maximum Gasteiger partial charge on any atom is 0.338 e. The van der Waals surface area contributed by atoms with Crippen molar-refractivity contribution in [1.29, 1.82) is 0 Å². The molecule has 0 saturated carbocycles. The number of hydrogen-bond donors (Lipinski definition) is 0. The number of esters is 4. The highest BCUT2D eigenvalue weighted by atomic mass is 16.6. The number of fused-ring (bicyclic) bond motifs is 1. The number of carbonyl (C=O) groups is 5. The monoisotopic (exact) mass is 1020 g/mol. The van der Waals surface area contributed by atoms with Crippen LogP contribution in [-0.2, 0) is 38.1 Å². The summed E-state index contributed by atoms with van der Waals surface area (Å²) >= 11 is 0.